The minimum absolute atomic E-state index is 0.187. The van der Waals surface area contributed by atoms with E-state index in [1.54, 1.807) is 50.2 Å². The Bertz CT molecular complexity index is 1020. The number of amides is 1. The van der Waals surface area contributed by atoms with Gasteiger partial charge >= 0.3 is 0 Å². The lowest BCUT2D eigenvalue weighted by atomic mass is 10.1. The molecule has 0 spiro atoms. The molecule has 1 aromatic heterocycles. The molecule has 6 nitrogen and oxygen atoms in total. The van der Waals surface area contributed by atoms with Crippen molar-refractivity contribution >= 4 is 28.6 Å². The second-order valence-corrected chi connectivity index (χ2v) is 6.64. The van der Waals surface area contributed by atoms with Gasteiger partial charge in [0.25, 0.3) is 11.5 Å². The van der Waals surface area contributed by atoms with Gasteiger partial charge in [-0.15, -0.1) is 11.8 Å². The van der Waals surface area contributed by atoms with Crippen LogP contribution in [0, 0.1) is 0 Å². The van der Waals surface area contributed by atoms with Crippen molar-refractivity contribution < 1.29 is 9.53 Å². The molecule has 0 bridgehead atoms. The summed E-state index contributed by atoms with van der Waals surface area (Å²) in [6.45, 7) is 0.187. The van der Waals surface area contributed by atoms with Gasteiger partial charge in [0.2, 0.25) is 0 Å². The number of ether oxygens (including phenoxy) is 1. The summed E-state index contributed by atoms with van der Waals surface area (Å²) in [5.41, 5.74) is 0.860. The molecule has 3 rings (SSSR count). The molecule has 7 heteroatoms. The number of nitrogens with zero attached hydrogens (tertiary/aromatic N) is 2. The number of fused-ring (bicyclic) bond motifs is 1. The summed E-state index contributed by atoms with van der Waals surface area (Å²) in [6.07, 6.45) is 1.96. The highest BCUT2D eigenvalue weighted by molar-refractivity contribution is 7.98. The molecule has 0 saturated heterocycles. The zero-order valence-corrected chi connectivity index (χ0v) is 15.6. The molecule has 0 aliphatic heterocycles. The van der Waals surface area contributed by atoms with Crippen molar-refractivity contribution in [2.45, 2.75) is 11.4 Å². The Morgan fingerprint density at radius 2 is 2.04 bits per heavy atom. The van der Waals surface area contributed by atoms with Crippen molar-refractivity contribution in [2.75, 3.05) is 20.4 Å². The van der Waals surface area contributed by atoms with E-state index in [9.17, 15) is 9.59 Å². The van der Waals surface area contributed by atoms with Crippen LogP contribution in [0.4, 0.5) is 0 Å². The van der Waals surface area contributed by atoms with Crippen LogP contribution in [-0.4, -0.2) is 41.2 Å². The first kappa shape index (κ1) is 18.0. The van der Waals surface area contributed by atoms with Crippen molar-refractivity contribution in [3.8, 4) is 5.75 Å². The third-order valence-electron chi connectivity index (χ3n) is 4.03. The van der Waals surface area contributed by atoms with Crippen molar-refractivity contribution in [1.82, 2.24) is 14.9 Å². The Balaban J connectivity index is 1.87. The number of aromatic nitrogens is 2. The highest BCUT2D eigenvalue weighted by atomic mass is 32.2. The lowest BCUT2D eigenvalue weighted by Crippen LogP contribution is -2.28. The van der Waals surface area contributed by atoms with Gasteiger partial charge in [-0.05, 0) is 36.6 Å². The van der Waals surface area contributed by atoms with E-state index in [0.29, 0.717) is 28.0 Å². The molecular formula is C19H19N3O3S. The smallest absolute Gasteiger partial charge is 0.258 e. The predicted octanol–water partition coefficient (Wildman–Crippen LogP) is 2.93. The highest BCUT2D eigenvalue weighted by Crippen LogP contribution is 2.26. The molecule has 0 radical (unpaired) electrons. The summed E-state index contributed by atoms with van der Waals surface area (Å²) in [5, 5.41) is 0.527. The Morgan fingerprint density at radius 1 is 1.27 bits per heavy atom. The van der Waals surface area contributed by atoms with Crippen LogP contribution in [0.5, 0.6) is 5.75 Å². The van der Waals surface area contributed by atoms with Gasteiger partial charge in [0.15, 0.2) is 0 Å². The van der Waals surface area contributed by atoms with Crippen LogP contribution < -0.4 is 10.3 Å². The number of methoxy groups -OCH3 is 1. The third kappa shape index (κ3) is 3.57. The maximum absolute atomic E-state index is 12.8. The monoisotopic (exact) mass is 369 g/mol. The summed E-state index contributed by atoms with van der Waals surface area (Å²) in [7, 11) is 3.21. The number of thioether (sulfide) groups is 1. The van der Waals surface area contributed by atoms with Crippen molar-refractivity contribution in [3.63, 3.8) is 0 Å². The summed E-state index contributed by atoms with van der Waals surface area (Å²) in [5.74, 6) is 0.753. The Labute approximate surface area is 155 Å². The molecule has 0 fully saturated rings. The Kier molecular flexibility index (Phi) is 5.27. The summed E-state index contributed by atoms with van der Waals surface area (Å²) in [6, 6.07) is 12.6. The molecule has 0 atom stereocenters. The van der Waals surface area contributed by atoms with Gasteiger partial charge in [0.1, 0.15) is 11.6 Å². The van der Waals surface area contributed by atoms with E-state index in [1.165, 1.54) is 4.90 Å². The molecular weight excluding hydrogens is 350 g/mol. The molecule has 134 valence electrons. The number of hydrogen-bond donors (Lipinski definition) is 1. The average molecular weight is 369 g/mol. The summed E-state index contributed by atoms with van der Waals surface area (Å²) >= 11 is 1.58. The second-order valence-electron chi connectivity index (χ2n) is 5.76. The van der Waals surface area contributed by atoms with Gasteiger partial charge in [0.05, 0.1) is 30.1 Å². The summed E-state index contributed by atoms with van der Waals surface area (Å²) in [4.78, 5) is 34.7. The summed E-state index contributed by atoms with van der Waals surface area (Å²) < 4.78 is 5.35. The minimum Gasteiger partial charge on any atom is -0.496 e. The molecule has 0 aliphatic carbocycles. The fourth-order valence-corrected chi connectivity index (χ4v) is 3.12. The SMILES string of the molecule is COc1cc(SC)ccc1C(=O)N(C)Cc1nc2ccccc2c(=O)[nH]1. The number of rotatable bonds is 5. The van der Waals surface area contributed by atoms with E-state index < -0.39 is 0 Å². The van der Waals surface area contributed by atoms with Crippen molar-refractivity contribution in [3.05, 3.63) is 64.2 Å². The van der Waals surface area contributed by atoms with E-state index in [0.717, 1.165) is 4.90 Å². The van der Waals surface area contributed by atoms with E-state index in [-0.39, 0.29) is 18.0 Å². The fraction of sp³-hybridized carbons (Fsp3) is 0.211. The van der Waals surface area contributed by atoms with E-state index in [1.807, 2.05) is 24.5 Å². The van der Waals surface area contributed by atoms with Gasteiger partial charge in [0, 0.05) is 11.9 Å². The van der Waals surface area contributed by atoms with Crippen LogP contribution in [0.25, 0.3) is 10.9 Å². The lowest BCUT2D eigenvalue weighted by molar-refractivity contribution is 0.0778. The van der Waals surface area contributed by atoms with Crippen LogP contribution in [0.3, 0.4) is 0 Å². The van der Waals surface area contributed by atoms with Crippen molar-refractivity contribution in [2.24, 2.45) is 0 Å². The number of H-pyrrole nitrogens is 1. The fourth-order valence-electron chi connectivity index (χ4n) is 2.69. The molecule has 1 heterocycles. The number of benzene rings is 2. The van der Waals surface area contributed by atoms with Crippen molar-refractivity contribution in [1.29, 1.82) is 0 Å². The van der Waals surface area contributed by atoms with Crippen LogP contribution in [0.15, 0.2) is 52.2 Å². The maximum atomic E-state index is 12.8. The Morgan fingerprint density at radius 3 is 2.77 bits per heavy atom. The lowest BCUT2D eigenvalue weighted by Gasteiger charge is -2.18. The molecule has 1 N–H and O–H groups in total. The number of hydrogen-bond acceptors (Lipinski definition) is 5. The first-order valence-electron chi connectivity index (χ1n) is 7.99. The standard InChI is InChI=1S/C19H19N3O3S/c1-22(19(24)14-9-8-12(26-3)10-16(14)25-2)11-17-20-15-7-5-4-6-13(15)18(23)21-17/h4-10H,11H2,1-3H3,(H,20,21,23). The molecule has 1 amide bonds. The number of nitrogens with one attached hydrogen (secondary N) is 1. The first-order valence-corrected chi connectivity index (χ1v) is 9.21. The van der Waals surface area contributed by atoms with Crippen LogP contribution in [0.1, 0.15) is 16.2 Å². The molecule has 26 heavy (non-hydrogen) atoms. The van der Waals surface area contributed by atoms with Gasteiger partial charge in [-0.3, -0.25) is 9.59 Å². The molecule has 3 aromatic rings. The maximum Gasteiger partial charge on any atom is 0.258 e. The zero-order valence-electron chi connectivity index (χ0n) is 14.8. The normalized spacial score (nSPS) is 10.7. The third-order valence-corrected chi connectivity index (χ3v) is 4.76. The van der Waals surface area contributed by atoms with Gasteiger partial charge in [-0.1, -0.05) is 12.1 Å². The molecule has 0 unspecified atom stereocenters. The number of aromatic amines is 1. The largest absolute Gasteiger partial charge is 0.496 e. The first-order chi connectivity index (χ1) is 12.5. The van der Waals surface area contributed by atoms with E-state index in [2.05, 4.69) is 9.97 Å². The zero-order chi connectivity index (χ0) is 18.7. The van der Waals surface area contributed by atoms with Crippen LogP contribution >= 0.6 is 11.8 Å². The van der Waals surface area contributed by atoms with E-state index in [4.69, 9.17) is 4.74 Å². The van der Waals surface area contributed by atoms with Crippen LogP contribution in [0.2, 0.25) is 0 Å². The van der Waals surface area contributed by atoms with Crippen LogP contribution in [-0.2, 0) is 6.54 Å². The topological polar surface area (TPSA) is 75.3 Å². The molecule has 2 aromatic carbocycles. The van der Waals surface area contributed by atoms with Gasteiger partial charge in [-0.25, -0.2) is 4.98 Å². The number of carbonyl (C=O) groups excluding carboxylic acids is 1. The molecule has 0 aliphatic rings. The van der Waals surface area contributed by atoms with Gasteiger partial charge in [-0.2, -0.15) is 0 Å². The Hall–Kier alpha value is -2.80. The number of para-hydroxylation sites is 1. The number of carbonyl (C=O) groups is 1. The predicted molar refractivity (Wildman–Crippen MR) is 103 cm³/mol. The quantitative estimate of drug-likeness (QED) is 0.700. The van der Waals surface area contributed by atoms with Gasteiger partial charge < -0.3 is 14.6 Å². The second kappa shape index (κ2) is 7.61. The minimum atomic E-state index is -0.214. The molecule has 0 saturated carbocycles. The van der Waals surface area contributed by atoms with E-state index >= 15 is 0 Å². The highest BCUT2D eigenvalue weighted by Gasteiger charge is 2.18. The average Bonchev–Trinajstić information content (AvgIpc) is 2.66.